The van der Waals surface area contributed by atoms with E-state index < -0.39 is 0 Å². The van der Waals surface area contributed by atoms with Crippen molar-refractivity contribution in [3.63, 3.8) is 0 Å². The molecule has 45 valence electrons. The normalized spacial score (nSPS) is 9.00. The van der Waals surface area contributed by atoms with Crippen LogP contribution in [0.25, 0.3) is 0 Å². The Hall–Kier alpha value is -1.25. The molecule has 0 spiro atoms. The highest BCUT2D eigenvalue weighted by molar-refractivity contribution is 5.93. The van der Waals surface area contributed by atoms with E-state index in [9.17, 15) is 4.79 Å². The first-order valence-electron chi connectivity index (χ1n) is 2.49. The van der Waals surface area contributed by atoms with Gasteiger partial charge in [0.05, 0.1) is 5.56 Å². The number of nitrogens with zero attached hydrogens (tertiary/aromatic N) is 2. The van der Waals surface area contributed by atoms with Gasteiger partial charge in [0.1, 0.15) is 12.5 Å². The lowest BCUT2D eigenvalue weighted by Gasteiger charge is -1.86. The smallest absolute Gasteiger partial charge is 0.163 e. The first-order valence-corrected chi connectivity index (χ1v) is 2.49. The lowest BCUT2D eigenvalue weighted by Crippen LogP contribution is -1.93. The van der Waals surface area contributed by atoms with Crippen LogP contribution < -0.4 is 0 Å². The zero-order valence-corrected chi connectivity index (χ0v) is 4.96. The molecule has 1 aromatic heterocycles. The molecule has 0 unspecified atom stereocenters. The number of hydrogen-bond acceptors (Lipinski definition) is 3. The van der Waals surface area contributed by atoms with Crippen molar-refractivity contribution in [2.75, 3.05) is 0 Å². The minimum absolute atomic E-state index is 0.0596. The molecule has 0 aliphatic rings. The van der Waals surface area contributed by atoms with E-state index >= 15 is 0 Å². The molecule has 0 N–H and O–H groups in total. The molecule has 1 aromatic rings. The summed E-state index contributed by atoms with van der Waals surface area (Å²) in [6, 6.07) is 0. The fourth-order valence-corrected chi connectivity index (χ4v) is 0.438. The summed E-state index contributed by atoms with van der Waals surface area (Å²) >= 11 is 0. The molecule has 0 saturated heterocycles. The topological polar surface area (TPSA) is 42.9 Å². The molecule has 0 aliphatic heterocycles. The Morgan fingerprint density at radius 3 is 2.89 bits per heavy atom. The molecule has 0 atom stereocenters. The Morgan fingerprint density at radius 2 is 2.56 bits per heavy atom. The second-order valence-electron chi connectivity index (χ2n) is 1.60. The third kappa shape index (κ3) is 1.32. The van der Waals surface area contributed by atoms with E-state index in [1.165, 1.54) is 19.4 Å². The molecule has 1 radical (unpaired) electrons. The van der Waals surface area contributed by atoms with Crippen LogP contribution >= 0.6 is 0 Å². The summed E-state index contributed by atoms with van der Waals surface area (Å²) in [7, 11) is 0. The van der Waals surface area contributed by atoms with Crippen LogP contribution in [0.3, 0.4) is 0 Å². The van der Waals surface area contributed by atoms with Gasteiger partial charge >= 0.3 is 0 Å². The molecule has 1 heterocycles. The van der Waals surface area contributed by atoms with Crippen LogP contribution in [0.5, 0.6) is 0 Å². The number of Topliss-reactive ketones (excluding diaryl/α,β-unsaturated/α-hetero) is 1. The summed E-state index contributed by atoms with van der Waals surface area (Å²) < 4.78 is 0. The van der Waals surface area contributed by atoms with E-state index in [0.29, 0.717) is 5.56 Å². The minimum Gasteiger partial charge on any atom is -0.294 e. The van der Waals surface area contributed by atoms with E-state index in [2.05, 4.69) is 16.2 Å². The third-order valence-electron chi connectivity index (χ3n) is 0.892. The van der Waals surface area contributed by atoms with Crippen molar-refractivity contribution >= 4 is 5.78 Å². The van der Waals surface area contributed by atoms with Crippen molar-refractivity contribution in [1.29, 1.82) is 0 Å². The van der Waals surface area contributed by atoms with E-state index in [-0.39, 0.29) is 5.78 Å². The summed E-state index contributed by atoms with van der Waals surface area (Å²) in [5, 5.41) is 0. The summed E-state index contributed by atoms with van der Waals surface area (Å²) in [6.45, 7) is 1.45. The van der Waals surface area contributed by atoms with Gasteiger partial charge in [0.25, 0.3) is 0 Å². The van der Waals surface area contributed by atoms with Gasteiger partial charge in [0, 0.05) is 6.20 Å². The zero-order chi connectivity index (χ0) is 6.69. The second-order valence-corrected chi connectivity index (χ2v) is 1.60. The molecular formula is C6H5N2O. The molecule has 3 nitrogen and oxygen atoms in total. The van der Waals surface area contributed by atoms with Gasteiger partial charge in [-0.1, -0.05) is 0 Å². The van der Waals surface area contributed by atoms with E-state index in [0.717, 1.165) is 0 Å². The molecule has 0 aliphatic carbocycles. The van der Waals surface area contributed by atoms with Crippen molar-refractivity contribution in [3.05, 3.63) is 24.3 Å². The van der Waals surface area contributed by atoms with Crippen LogP contribution in [-0.2, 0) is 0 Å². The average molecular weight is 121 g/mol. The van der Waals surface area contributed by atoms with E-state index in [1.54, 1.807) is 0 Å². The Kier molecular flexibility index (Phi) is 1.53. The predicted octanol–water partition coefficient (Wildman–Crippen LogP) is 0.479. The molecule has 0 aromatic carbocycles. The van der Waals surface area contributed by atoms with Gasteiger partial charge in [-0.05, 0) is 6.92 Å². The van der Waals surface area contributed by atoms with Crippen LogP contribution in [0.4, 0.5) is 0 Å². The fourth-order valence-electron chi connectivity index (χ4n) is 0.438. The van der Waals surface area contributed by atoms with Crippen molar-refractivity contribution in [1.82, 2.24) is 9.97 Å². The maximum absolute atomic E-state index is 10.5. The van der Waals surface area contributed by atoms with Gasteiger partial charge < -0.3 is 0 Å². The van der Waals surface area contributed by atoms with Gasteiger partial charge in [-0.2, -0.15) is 0 Å². The second kappa shape index (κ2) is 2.35. The number of hydrogen-bond donors (Lipinski definition) is 0. The molecule has 1 rings (SSSR count). The minimum atomic E-state index is -0.0596. The van der Waals surface area contributed by atoms with Gasteiger partial charge in [-0.3, -0.25) is 4.79 Å². The fraction of sp³-hybridized carbons (Fsp3) is 0.167. The molecular weight excluding hydrogens is 116 g/mol. The van der Waals surface area contributed by atoms with E-state index in [1.807, 2.05) is 0 Å². The Bertz CT molecular complexity index is 208. The highest BCUT2D eigenvalue weighted by Crippen LogP contribution is 1.90. The Balaban J connectivity index is 2.98. The van der Waals surface area contributed by atoms with Crippen LogP contribution in [0.2, 0.25) is 0 Å². The maximum Gasteiger partial charge on any atom is 0.163 e. The van der Waals surface area contributed by atoms with Crippen molar-refractivity contribution in [2.24, 2.45) is 0 Å². The van der Waals surface area contributed by atoms with Crippen molar-refractivity contribution < 1.29 is 4.79 Å². The van der Waals surface area contributed by atoms with Crippen LogP contribution in [-0.4, -0.2) is 15.8 Å². The molecule has 3 heteroatoms. The molecule has 0 saturated carbocycles. The number of carbonyl (C=O) groups is 1. The van der Waals surface area contributed by atoms with Gasteiger partial charge in [0.15, 0.2) is 5.78 Å². The summed E-state index contributed by atoms with van der Waals surface area (Å²) in [5.74, 6) is -0.0596. The maximum atomic E-state index is 10.5. The lowest BCUT2D eigenvalue weighted by atomic mass is 10.2. The predicted molar refractivity (Wildman–Crippen MR) is 30.9 cm³/mol. The molecule has 0 fully saturated rings. The summed E-state index contributed by atoms with van der Waals surface area (Å²) in [5.41, 5.74) is 0.428. The SMILES string of the molecule is CC(=O)c1[c]ncnc1. The molecule has 0 bridgehead atoms. The Labute approximate surface area is 52.8 Å². The van der Waals surface area contributed by atoms with E-state index in [4.69, 9.17) is 0 Å². The van der Waals surface area contributed by atoms with Crippen molar-refractivity contribution in [3.8, 4) is 0 Å². The number of ketones is 1. The molecule has 9 heavy (non-hydrogen) atoms. The van der Waals surface area contributed by atoms with Gasteiger partial charge in [-0.15, -0.1) is 0 Å². The third-order valence-corrected chi connectivity index (χ3v) is 0.892. The quantitative estimate of drug-likeness (QED) is 0.507. The van der Waals surface area contributed by atoms with Crippen LogP contribution in [0.15, 0.2) is 12.5 Å². The average Bonchev–Trinajstić information content (AvgIpc) is 1.90. The lowest BCUT2D eigenvalue weighted by molar-refractivity contribution is 0.101. The largest absolute Gasteiger partial charge is 0.294 e. The standard InChI is InChI=1S/C6H5N2O/c1-5(9)6-2-7-4-8-3-6/h2,4H,1H3. The van der Waals surface area contributed by atoms with Gasteiger partial charge in [-0.25, -0.2) is 9.97 Å². The highest BCUT2D eigenvalue weighted by atomic mass is 16.1. The molecule has 0 amide bonds. The Morgan fingerprint density at radius 1 is 1.78 bits per heavy atom. The first kappa shape index (κ1) is 5.88. The monoisotopic (exact) mass is 121 g/mol. The number of aromatic nitrogens is 2. The zero-order valence-electron chi connectivity index (χ0n) is 4.96. The number of rotatable bonds is 1. The highest BCUT2D eigenvalue weighted by Gasteiger charge is 1.96. The van der Waals surface area contributed by atoms with Crippen LogP contribution in [0.1, 0.15) is 17.3 Å². The van der Waals surface area contributed by atoms with Crippen molar-refractivity contribution in [2.45, 2.75) is 6.92 Å². The van der Waals surface area contributed by atoms with Crippen LogP contribution in [0, 0.1) is 6.20 Å². The van der Waals surface area contributed by atoms with Gasteiger partial charge in [0.2, 0.25) is 0 Å². The summed E-state index contributed by atoms with van der Waals surface area (Å²) in [4.78, 5) is 17.7. The summed E-state index contributed by atoms with van der Waals surface area (Å²) in [6.07, 6.45) is 5.29. The first-order chi connectivity index (χ1) is 4.30. The number of carbonyl (C=O) groups excluding carboxylic acids is 1.